The molecule has 1 aromatic heterocycles. The summed E-state index contributed by atoms with van der Waals surface area (Å²) >= 11 is 3.39. The van der Waals surface area contributed by atoms with Crippen LogP contribution in [0.5, 0.6) is 0 Å². The number of aromatic nitrogens is 3. The maximum absolute atomic E-state index is 14.8. The lowest BCUT2D eigenvalue weighted by molar-refractivity contribution is -0.113. The average Bonchev–Trinajstić information content (AvgIpc) is 3.13. The van der Waals surface area contributed by atoms with Crippen molar-refractivity contribution in [2.75, 3.05) is 10.6 Å². The maximum atomic E-state index is 14.8. The van der Waals surface area contributed by atoms with E-state index in [4.69, 9.17) is 0 Å². The Hall–Kier alpha value is -3.00. The minimum atomic E-state index is -0.753. The third-order valence-corrected chi connectivity index (χ3v) is 5.42. The molecule has 0 bridgehead atoms. The zero-order valence-corrected chi connectivity index (χ0v) is 17.7. The Morgan fingerprint density at radius 3 is 2.76 bits per heavy atom. The van der Waals surface area contributed by atoms with Crippen LogP contribution >= 0.6 is 15.9 Å². The number of fused-ring (bicyclic) bond motifs is 1. The molecule has 1 aliphatic rings. The fourth-order valence-electron chi connectivity index (χ4n) is 3.54. The first kappa shape index (κ1) is 19.3. The van der Waals surface area contributed by atoms with Gasteiger partial charge in [0.05, 0.1) is 5.57 Å². The predicted molar refractivity (Wildman–Crippen MR) is 113 cm³/mol. The van der Waals surface area contributed by atoms with Gasteiger partial charge in [-0.05, 0) is 50.6 Å². The van der Waals surface area contributed by atoms with Gasteiger partial charge in [0.1, 0.15) is 18.2 Å². The molecule has 148 valence electrons. The number of rotatable bonds is 3. The number of allylic oxidation sites excluding steroid dienone is 1. The smallest absolute Gasteiger partial charge is 0.255 e. The lowest BCUT2D eigenvalue weighted by atomic mass is 9.94. The molecule has 4 rings (SSSR count). The number of nitrogens with one attached hydrogen (secondary N) is 2. The van der Waals surface area contributed by atoms with Crippen LogP contribution in [0.4, 0.5) is 16.0 Å². The molecule has 0 unspecified atom stereocenters. The Morgan fingerprint density at radius 1 is 1.21 bits per heavy atom. The first-order valence-electron chi connectivity index (χ1n) is 9.06. The Labute approximate surface area is 176 Å². The fraction of sp³-hybridized carbons (Fsp3) is 0.190. The Morgan fingerprint density at radius 2 is 2.00 bits per heavy atom. The van der Waals surface area contributed by atoms with Crippen molar-refractivity contribution in [3.8, 4) is 0 Å². The van der Waals surface area contributed by atoms with E-state index in [1.807, 2.05) is 32.0 Å². The van der Waals surface area contributed by atoms with Gasteiger partial charge in [0.2, 0.25) is 5.95 Å². The van der Waals surface area contributed by atoms with Crippen LogP contribution in [0.3, 0.4) is 0 Å². The van der Waals surface area contributed by atoms with Crippen molar-refractivity contribution in [3.63, 3.8) is 0 Å². The van der Waals surface area contributed by atoms with Gasteiger partial charge >= 0.3 is 0 Å². The highest BCUT2D eigenvalue weighted by atomic mass is 79.9. The molecule has 2 N–H and O–H groups in total. The normalized spacial score (nSPS) is 15.7. The molecule has 8 heteroatoms. The van der Waals surface area contributed by atoms with Crippen LogP contribution < -0.4 is 10.6 Å². The largest absolute Gasteiger partial charge is 0.328 e. The molecule has 0 aliphatic carbocycles. The van der Waals surface area contributed by atoms with E-state index in [1.165, 1.54) is 17.1 Å². The molecule has 1 aliphatic heterocycles. The Bertz CT molecular complexity index is 1150. The summed E-state index contributed by atoms with van der Waals surface area (Å²) in [6, 6.07) is 9.69. The van der Waals surface area contributed by atoms with E-state index >= 15 is 0 Å². The van der Waals surface area contributed by atoms with Crippen molar-refractivity contribution in [1.82, 2.24) is 14.8 Å². The van der Waals surface area contributed by atoms with E-state index < -0.39 is 11.9 Å². The number of carbonyl (C=O) groups excluding carboxylic acids is 1. The summed E-state index contributed by atoms with van der Waals surface area (Å²) in [6.07, 6.45) is 1.38. The highest BCUT2D eigenvalue weighted by Gasteiger charge is 2.35. The van der Waals surface area contributed by atoms with Crippen molar-refractivity contribution in [3.05, 3.63) is 81.0 Å². The minimum absolute atomic E-state index is 0.326. The molecule has 3 aromatic rings. The second-order valence-electron chi connectivity index (χ2n) is 7.03. The summed E-state index contributed by atoms with van der Waals surface area (Å²) in [5.74, 6) is -0.298. The van der Waals surface area contributed by atoms with E-state index in [0.717, 1.165) is 11.1 Å². The third-order valence-electron chi connectivity index (χ3n) is 4.92. The van der Waals surface area contributed by atoms with Crippen molar-refractivity contribution in [2.45, 2.75) is 26.8 Å². The van der Waals surface area contributed by atoms with Crippen LogP contribution in [0.15, 0.2) is 58.5 Å². The molecule has 0 radical (unpaired) electrons. The molecule has 1 atom stereocenters. The van der Waals surface area contributed by atoms with Gasteiger partial charge < -0.3 is 10.6 Å². The topological polar surface area (TPSA) is 71.8 Å². The quantitative estimate of drug-likeness (QED) is 0.598. The van der Waals surface area contributed by atoms with Crippen LogP contribution in [-0.4, -0.2) is 20.7 Å². The molecular weight excluding hydrogens is 437 g/mol. The van der Waals surface area contributed by atoms with E-state index in [2.05, 4.69) is 36.6 Å². The van der Waals surface area contributed by atoms with Crippen LogP contribution in [0.1, 0.15) is 29.7 Å². The molecule has 29 heavy (non-hydrogen) atoms. The molecule has 2 heterocycles. The van der Waals surface area contributed by atoms with E-state index in [1.54, 1.807) is 19.1 Å². The van der Waals surface area contributed by atoms with E-state index in [-0.39, 0.29) is 5.91 Å². The number of aryl methyl sites for hydroxylation is 2. The monoisotopic (exact) mass is 455 g/mol. The van der Waals surface area contributed by atoms with Crippen molar-refractivity contribution in [2.24, 2.45) is 0 Å². The van der Waals surface area contributed by atoms with Crippen LogP contribution in [-0.2, 0) is 4.79 Å². The standard InChI is InChI=1S/C21H19BrFN5O/c1-11-4-7-17(12(2)8-11)27-20(29)18-13(3)26-21-24-10-25-28(21)19(18)15-9-14(22)5-6-16(15)23/h4-10,19H,1-3H3,(H,27,29)(H,24,25,26)/t19-/m0/s1. The number of hydrogen-bond acceptors (Lipinski definition) is 4. The number of amides is 1. The number of nitrogens with zero attached hydrogens (tertiary/aromatic N) is 3. The van der Waals surface area contributed by atoms with Crippen molar-refractivity contribution < 1.29 is 9.18 Å². The molecule has 6 nitrogen and oxygen atoms in total. The highest BCUT2D eigenvalue weighted by molar-refractivity contribution is 9.10. The summed E-state index contributed by atoms with van der Waals surface area (Å²) in [7, 11) is 0. The second kappa shape index (κ2) is 7.44. The van der Waals surface area contributed by atoms with Gasteiger partial charge in [0.15, 0.2) is 0 Å². The predicted octanol–water partition coefficient (Wildman–Crippen LogP) is 4.72. The lowest BCUT2D eigenvalue weighted by Crippen LogP contribution is -2.32. The third kappa shape index (κ3) is 3.55. The minimum Gasteiger partial charge on any atom is -0.328 e. The molecule has 0 fully saturated rings. The van der Waals surface area contributed by atoms with Crippen LogP contribution in [0, 0.1) is 19.7 Å². The molecular formula is C21H19BrFN5O. The summed E-state index contributed by atoms with van der Waals surface area (Å²) < 4.78 is 17.0. The van der Waals surface area contributed by atoms with Gasteiger partial charge in [-0.25, -0.2) is 9.07 Å². The number of benzene rings is 2. The fourth-order valence-corrected chi connectivity index (χ4v) is 3.92. The van der Waals surface area contributed by atoms with Gasteiger partial charge in [-0.15, -0.1) is 0 Å². The van der Waals surface area contributed by atoms with Gasteiger partial charge in [-0.3, -0.25) is 4.79 Å². The highest BCUT2D eigenvalue weighted by Crippen LogP contribution is 2.37. The number of halogens is 2. The van der Waals surface area contributed by atoms with Gasteiger partial charge in [0.25, 0.3) is 5.91 Å². The number of anilines is 2. The van der Waals surface area contributed by atoms with Gasteiger partial charge in [-0.2, -0.15) is 10.1 Å². The summed E-state index contributed by atoms with van der Waals surface area (Å²) in [4.78, 5) is 17.5. The van der Waals surface area contributed by atoms with Crippen molar-refractivity contribution in [1.29, 1.82) is 0 Å². The average molecular weight is 456 g/mol. The zero-order valence-electron chi connectivity index (χ0n) is 16.1. The molecule has 2 aromatic carbocycles. The first-order valence-corrected chi connectivity index (χ1v) is 9.85. The first-order chi connectivity index (χ1) is 13.8. The van der Waals surface area contributed by atoms with Crippen LogP contribution in [0.2, 0.25) is 0 Å². The van der Waals surface area contributed by atoms with E-state index in [9.17, 15) is 9.18 Å². The number of carbonyl (C=O) groups is 1. The zero-order chi connectivity index (χ0) is 20.7. The molecule has 1 amide bonds. The molecule has 0 saturated heterocycles. The lowest BCUT2D eigenvalue weighted by Gasteiger charge is -2.29. The molecule has 0 saturated carbocycles. The van der Waals surface area contributed by atoms with Gasteiger partial charge in [0, 0.05) is 21.4 Å². The van der Waals surface area contributed by atoms with Gasteiger partial charge in [-0.1, -0.05) is 33.6 Å². The summed E-state index contributed by atoms with van der Waals surface area (Å²) in [5, 5.41) is 10.3. The Balaban J connectivity index is 1.81. The maximum Gasteiger partial charge on any atom is 0.255 e. The summed E-state index contributed by atoms with van der Waals surface area (Å²) in [5.41, 5.74) is 4.07. The second-order valence-corrected chi connectivity index (χ2v) is 7.95. The SMILES string of the molecule is CC1=C(C(=O)Nc2ccc(C)cc2C)[C@H](c2cc(Br)ccc2F)n2ncnc2N1. The van der Waals surface area contributed by atoms with Crippen molar-refractivity contribution >= 4 is 33.5 Å². The number of hydrogen-bond donors (Lipinski definition) is 2. The Kier molecular flexibility index (Phi) is 4.96. The summed E-state index contributed by atoms with van der Waals surface area (Å²) in [6.45, 7) is 5.70. The van der Waals surface area contributed by atoms with E-state index in [0.29, 0.717) is 32.9 Å². The molecule has 0 spiro atoms. The van der Waals surface area contributed by atoms with Crippen LogP contribution in [0.25, 0.3) is 0 Å².